The van der Waals surface area contributed by atoms with Gasteiger partial charge in [0.1, 0.15) is 0 Å². The van der Waals surface area contributed by atoms with Crippen molar-refractivity contribution < 1.29 is 0 Å². The van der Waals surface area contributed by atoms with Crippen LogP contribution in [-0.4, -0.2) is 7.85 Å². The van der Waals surface area contributed by atoms with E-state index in [1.807, 2.05) is 5.57 Å². The molecule has 2 radical (unpaired) electrons. The number of rotatable bonds is 4. The Morgan fingerprint density at radius 3 is 2.38 bits per heavy atom. The Kier molecular flexibility index (Phi) is 7.01. The predicted molar refractivity (Wildman–Crippen MR) is 139 cm³/mol. The summed E-state index contributed by atoms with van der Waals surface area (Å²) in [5.41, 5.74) is 8.49. The van der Waals surface area contributed by atoms with Gasteiger partial charge in [0.2, 0.25) is 0 Å². The van der Waals surface area contributed by atoms with Gasteiger partial charge in [0.25, 0.3) is 0 Å². The second-order valence-corrected chi connectivity index (χ2v) is 11.3. The highest BCUT2D eigenvalue weighted by atomic mass is 14.5. The van der Waals surface area contributed by atoms with E-state index in [1.165, 1.54) is 89.9 Å². The van der Waals surface area contributed by atoms with Gasteiger partial charge in [0, 0.05) is 5.92 Å². The number of hydrogen-bond donors (Lipinski definition) is 0. The molecule has 0 heterocycles. The standard InChI is InChI=1S/C31H43B/c1-3-11-24-21(4-2)12-10-19-25(24)22-13-9-14-23(20-22)30-26-15-5-7-17-28(26)31(32)29-18-8-6-16-27(29)30/h3-4,11,20-21,23,26,28,30-31H,2,5-10,12-19H2,1H3/b11-3-. The van der Waals surface area contributed by atoms with E-state index < -0.39 is 0 Å². The quantitative estimate of drug-likeness (QED) is 0.311. The van der Waals surface area contributed by atoms with Crippen LogP contribution in [0.15, 0.2) is 58.7 Å². The lowest BCUT2D eigenvalue weighted by atomic mass is 9.49. The van der Waals surface area contributed by atoms with Crippen LogP contribution in [0.4, 0.5) is 0 Å². The van der Waals surface area contributed by atoms with Gasteiger partial charge in [-0.1, -0.05) is 60.5 Å². The maximum absolute atomic E-state index is 6.96. The molecule has 170 valence electrons. The topological polar surface area (TPSA) is 0 Å². The highest BCUT2D eigenvalue weighted by molar-refractivity contribution is 6.14. The number of hydrogen-bond acceptors (Lipinski definition) is 0. The normalized spacial score (nSPS) is 38.3. The molecule has 5 aliphatic carbocycles. The van der Waals surface area contributed by atoms with Gasteiger partial charge in [-0.2, -0.15) is 0 Å². The maximum Gasteiger partial charge on any atom is 0.0763 e. The van der Waals surface area contributed by atoms with Crippen LogP contribution in [0.3, 0.4) is 0 Å². The molecule has 32 heavy (non-hydrogen) atoms. The molecule has 5 aliphatic rings. The maximum atomic E-state index is 6.96. The van der Waals surface area contributed by atoms with E-state index in [0.717, 1.165) is 23.7 Å². The van der Waals surface area contributed by atoms with Crippen molar-refractivity contribution in [3.8, 4) is 0 Å². The van der Waals surface area contributed by atoms with Gasteiger partial charge in [0.05, 0.1) is 7.85 Å². The van der Waals surface area contributed by atoms with Gasteiger partial charge < -0.3 is 0 Å². The highest BCUT2D eigenvalue weighted by Gasteiger charge is 2.45. The Balaban J connectivity index is 1.54. The molecule has 1 saturated carbocycles. The van der Waals surface area contributed by atoms with Crippen molar-refractivity contribution in [2.24, 2.45) is 29.6 Å². The smallest absolute Gasteiger partial charge is 0.0763 e. The van der Waals surface area contributed by atoms with Crippen LogP contribution >= 0.6 is 0 Å². The largest absolute Gasteiger partial charge is 0.102 e. The van der Waals surface area contributed by atoms with Gasteiger partial charge in [-0.15, -0.1) is 6.58 Å². The molecule has 0 bridgehead atoms. The van der Waals surface area contributed by atoms with Crippen LogP contribution in [0.25, 0.3) is 0 Å². The molecule has 0 N–H and O–H groups in total. The fraction of sp³-hybridized carbons (Fsp3) is 0.677. The van der Waals surface area contributed by atoms with Crippen molar-refractivity contribution in [3.05, 3.63) is 58.7 Å². The minimum atomic E-state index is 0.370. The third-order valence-corrected chi connectivity index (χ3v) is 9.73. The molecule has 0 amide bonds. The Bertz CT molecular complexity index is 837. The van der Waals surface area contributed by atoms with E-state index in [1.54, 1.807) is 22.3 Å². The van der Waals surface area contributed by atoms with Crippen LogP contribution in [0.2, 0.25) is 5.82 Å². The highest BCUT2D eigenvalue weighted by Crippen LogP contribution is 2.57. The molecule has 6 unspecified atom stereocenters. The van der Waals surface area contributed by atoms with Crippen LogP contribution in [0.1, 0.15) is 96.8 Å². The van der Waals surface area contributed by atoms with E-state index in [2.05, 4.69) is 37.8 Å². The van der Waals surface area contributed by atoms with Gasteiger partial charge in [-0.3, -0.25) is 0 Å². The molecule has 5 rings (SSSR count). The van der Waals surface area contributed by atoms with Crippen molar-refractivity contribution in [3.63, 3.8) is 0 Å². The van der Waals surface area contributed by atoms with Crippen molar-refractivity contribution in [2.45, 2.75) is 103 Å². The van der Waals surface area contributed by atoms with Gasteiger partial charge >= 0.3 is 0 Å². The minimum Gasteiger partial charge on any atom is -0.102 e. The fourth-order valence-corrected chi connectivity index (χ4v) is 8.39. The summed E-state index contributed by atoms with van der Waals surface area (Å²) in [6.45, 7) is 6.35. The average Bonchev–Trinajstić information content (AvgIpc) is 2.85. The molecule has 0 aliphatic heterocycles. The van der Waals surface area contributed by atoms with Crippen molar-refractivity contribution >= 4 is 7.85 Å². The van der Waals surface area contributed by atoms with Crippen LogP contribution in [0.5, 0.6) is 0 Å². The van der Waals surface area contributed by atoms with E-state index in [9.17, 15) is 0 Å². The number of allylic oxidation sites excluding steroid dienone is 9. The van der Waals surface area contributed by atoms with E-state index in [-0.39, 0.29) is 0 Å². The summed E-state index contributed by atoms with van der Waals surface area (Å²) in [6.07, 6.45) is 28.5. The van der Waals surface area contributed by atoms with E-state index in [4.69, 9.17) is 7.85 Å². The summed E-state index contributed by atoms with van der Waals surface area (Å²) in [6, 6.07) is 0. The van der Waals surface area contributed by atoms with E-state index in [0.29, 0.717) is 11.7 Å². The Morgan fingerprint density at radius 2 is 1.59 bits per heavy atom. The molecule has 0 aromatic carbocycles. The first-order valence-corrected chi connectivity index (χ1v) is 13.9. The zero-order valence-electron chi connectivity index (χ0n) is 20.5. The Hall–Kier alpha value is -1.24. The summed E-state index contributed by atoms with van der Waals surface area (Å²) < 4.78 is 0. The molecule has 0 aromatic heterocycles. The summed E-state index contributed by atoms with van der Waals surface area (Å²) in [4.78, 5) is 0. The molecule has 1 heteroatoms. The summed E-state index contributed by atoms with van der Waals surface area (Å²) >= 11 is 0. The molecule has 0 saturated heterocycles. The predicted octanol–water partition coefficient (Wildman–Crippen LogP) is 8.84. The van der Waals surface area contributed by atoms with E-state index >= 15 is 0 Å². The summed E-state index contributed by atoms with van der Waals surface area (Å²) in [5.74, 6) is 4.03. The Labute approximate surface area is 198 Å². The molecule has 0 aromatic rings. The third-order valence-electron chi connectivity index (χ3n) is 9.73. The Morgan fingerprint density at radius 1 is 0.844 bits per heavy atom. The summed E-state index contributed by atoms with van der Waals surface area (Å²) in [7, 11) is 6.96. The molecule has 1 fully saturated rings. The molecule has 6 atom stereocenters. The third kappa shape index (κ3) is 4.08. The van der Waals surface area contributed by atoms with Crippen molar-refractivity contribution in [1.82, 2.24) is 0 Å². The van der Waals surface area contributed by atoms with Gasteiger partial charge in [-0.25, -0.2) is 0 Å². The van der Waals surface area contributed by atoms with Crippen LogP contribution < -0.4 is 0 Å². The van der Waals surface area contributed by atoms with Crippen LogP contribution in [0, 0.1) is 29.6 Å². The molecular formula is C31H43B. The zero-order chi connectivity index (χ0) is 22.1. The monoisotopic (exact) mass is 426 g/mol. The lowest BCUT2D eigenvalue weighted by Crippen LogP contribution is -2.41. The SMILES string of the molecule is [B]C1C2=C(CCCC2)C(C2C=C(C3=C(/C=C\C)C(C=C)CCC3)CCC2)C2CCCCC12. The first-order chi connectivity index (χ1) is 15.7. The second kappa shape index (κ2) is 9.94. The van der Waals surface area contributed by atoms with Gasteiger partial charge in [0.15, 0.2) is 0 Å². The fourth-order valence-electron chi connectivity index (χ4n) is 8.39. The lowest BCUT2D eigenvalue weighted by molar-refractivity contribution is 0.123. The second-order valence-electron chi connectivity index (χ2n) is 11.3. The van der Waals surface area contributed by atoms with Crippen molar-refractivity contribution in [2.75, 3.05) is 0 Å². The minimum absolute atomic E-state index is 0.370. The zero-order valence-corrected chi connectivity index (χ0v) is 20.5. The van der Waals surface area contributed by atoms with Gasteiger partial charge in [-0.05, 0) is 118 Å². The first kappa shape index (κ1) is 22.6. The molecule has 0 nitrogen and oxygen atoms in total. The van der Waals surface area contributed by atoms with Crippen molar-refractivity contribution in [1.29, 1.82) is 0 Å². The average molecular weight is 426 g/mol. The molecular weight excluding hydrogens is 383 g/mol. The summed E-state index contributed by atoms with van der Waals surface area (Å²) in [5, 5.41) is 0. The molecule has 0 spiro atoms. The number of fused-ring (bicyclic) bond motifs is 1. The first-order valence-electron chi connectivity index (χ1n) is 13.9. The van der Waals surface area contributed by atoms with Crippen LogP contribution in [-0.2, 0) is 0 Å². The lowest BCUT2D eigenvalue weighted by Gasteiger charge is -2.51.